The number of methoxy groups -OCH3 is 1. The first kappa shape index (κ1) is 26.1. The van der Waals surface area contributed by atoms with Crippen LogP contribution in [0.15, 0.2) is 56.5 Å². The summed E-state index contributed by atoms with van der Waals surface area (Å²) in [4.78, 5) is 51.9. The minimum absolute atomic E-state index is 0.0158. The number of nitrogens with one attached hydrogen (secondary N) is 2. The van der Waals surface area contributed by atoms with Gasteiger partial charge in [0.15, 0.2) is 0 Å². The summed E-state index contributed by atoms with van der Waals surface area (Å²) in [6.07, 6.45) is 0.586. The number of ether oxygens (including phenoxy) is 1. The molecule has 5 rings (SSSR count). The quantitative estimate of drug-likeness (QED) is 0.246. The molecule has 1 aliphatic rings. The van der Waals surface area contributed by atoms with Crippen LogP contribution >= 0.6 is 11.6 Å². The molecule has 39 heavy (non-hydrogen) atoms. The Bertz CT molecular complexity index is 1700. The van der Waals surface area contributed by atoms with Crippen LogP contribution in [-0.2, 0) is 6.54 Å². The number of benzene rings is 2. The van der Waals surface area contributed by atoms with Crippen LogP contribution in [0.1, 0.15) is 57.2 Å². The fraction of sp³-hybridized carbons (Fsp3) is 0.214. The van der Waals surface area contributed by atoms with Crippen molar-refractivity contribution in [3.63, 3.8) is 0 Å². The van der Waals surface area contributed by atoms with E-state index >= 15 is 0 Å². The first-order valence-corrected chi connectivity index (χ1v) is 12.5. The van der Waals surface area contributed by atoms with E-state index in [4.69, 9.17) is 20.8 Å². The van der Waals surface area contributed by atoms with Gasteiger partial charge in [0.1, 0.15) is 28.6 Å². The van der Waals surface area contributed by atoms with Gasteiger partial charge in [-0.15, -0.1) is 0 Å². The molecule has 2 heterocycles. The number of carboxylic acid groups (broad SMARTS) is 1. The Labute approximate surface area is 227 Å². The summed E-state index contributed by atoms with van der Waals surface area (Å²) >= 11 is 6.43. The number of carbonyl (C=O) groups is 2. The van der Waals surface area contributed by atoms with E-state index in [9.17, 15) is 24.3 Å². The molecule has 1 aliphatic heterocycles. The molecule has 0 saturated carbocycles. The monoisotopic (exact) mass is 549 g/mol. The molecule has 1 aromatic heterocycles. The van der Waals surface area contributed by atoms with Gasteiger partial charge in [-0.25, -0.2) is 4.79 Å². The van der Waals surface area contributed by atoms with Crippen molar-refractivity contribution in [3.05, 3.63) is 96.1 Å². The third-order valence-electron chi connectivity index (χ3n) is 6.76. The predicted octanol–water partition coefficient (Wildman–Crippen LogP) is 5.01. The lowest BCUT2D eigenvalue weighted by molar-refractivity contribution is 0.0697. The number of hydrogen-bond donors (Lipinski definition) is 3. The lowest BCUT2D eigenvalue weighted by atomic mass is 10.1. The van der Waals surface area contributed by atoms with Gasteiger partial charge in [0.2, 0.25) is 0 Å². The molecule has 1 atom stereocenters. The highest BCUT2D eigenvalue weighted by Crippen LogP contribution is 2.40. The maximum absolute atomic E-state index is 13.6. The van der Waals surface area contributed by atoms with E-state index in [1.54, 1.807) is 24.3 Å². The Morgan fingerprint density at radius 1 is 1.13 bits per heavy atom. The van der Waals surface area contributed by atoms with Crippen molar-refractivity contribution in [2.75, 3.05) is 22.6 Å². The van der Waals surface area contributed by atoms with E-state index in [-0.39, 0.29) is 46.5 Å². The summed E-state index contributed by atoms with van der Waals surface area (Å²) in [5.41, 5.74) is -0.324. The van der Waals surface area contributed by atoms with Crippen molar-refractivity contribution < 1.29 is 23.8 Å². The van der Waals surface area contributed by atoms with Gasteiger partial charge in [0.25, 0.3) is 16.8 Å². The summed E-state index contributed by atoms with van der Waals surface area (Å²) < 4.78 is 10.8. The van der Waals surface area contributed by atoms with Gasteiger partial charge >= 0.3 is 5.97 Å². The number of hydrogen-bond acceptors (Lipinski definition) is 8. The van der Waals surface area contributed by atoms with Gasteiger partial charge in [-0.05, 0) is 55.8 Å². The van der Waals surface area contributed by atoms with Crippen LogP contribution < -0.4 is 31.1 Å². The average Bonchev–Trinajstić information content (AvgIpc) is 3.52. The van der Waals surface area contributed by atoms with E-state index in [1.807, 2.05) is 19.9 Å². The summed E-state index contributed by atoms with van der Waals surface area (Å²) in [5, 5.41) is 16.1. The Hall–Kier alpha value is -4.57. The predicted molar refractivity (Wildman–Crippen MR) is 147 cm³/mol. The number of carboxylic acids is 1. The number of halogens is 1. The largest absolute Gasteiger partial charge is 0.497 e. The minimum atomic E-state index is -1.23. The molecular weight excluding hydrogens is 526 g/mol. The van der Waals surface area contributed by atoms with Crippen molar-refractivity contribution in [3.8, 4) is 5.75 Å². The van der Waals surface area contributed by atoms with Gasteiger partial charge in [-0.2, -0.15) is 0 Å². The number of aryl methyl sites for hydroxylation is 1. The Balaban J connectivity index is 1.49. The van der Waals surface area contributed by atoms with Crippen molar-refractivity contribution in [2.45, 2.75) is 32.9 Å². The topological polar surface area (TPSA) is 138 Å². The third kappa shape index (κ3) is 4.42. The van der Waals surface area contributed by atoms with Crippen LogP contribution in [0.5, 0.6) is 5.75 Å². The number of anilines is 4. The highest BCUT2D eigenvalue weighted by atomic mass is 35.5. The zero-order valence-corrected chi connectivity index (χ0v) is 22.0. The SMILES string of the molecule is CCC(Nc1c(Nc2ccc(Cl)c3c2C(=O)N(c2ccc(OC)cc2C(=O)O)C3)c(=O)c1=O)c1ccc(C)o1. The Morgan fingerprint density at radius 2 is 1.87 bits per heavy atom. The molecule has 0 saturated heterocycles. The van der Waals surface area contributed by atoms with Gasteiger partial charge in [0, 0.05) is 10.6 Å². The van der Waals surface area contributed by atoms with Crippen LogP contribution in [0, 0.1) is 6.92 Å². The van der Waals surface area contributed by atoms with Gasteiger partial charge in [-0.3, -0.25) is 14.4 Å². The molecule has 0 radical (unpaired) electrons. The molecular formula is C28H24ClN3O7. The molecule has 11 heteroatoms. The van der Waals surface area contributed by atoms with E-state index in [0.29, 0.717) is 28.5 Å². The van der Waals surface area contributed by atoms with Crippen molar-refractivity contribution in [1.29, 1.82) is 0 Å². The number of rotatable bonds is 9. The van der Waals surface area contributed by atoms with Crippen LogP contribution in [0.4, 0.5) is 22.7 Å². The second-order valence-corrected chi connectivity index (χ2v) is 9.52. The molecule has 10 nitrogen and oxygen atoms in total. The standard InChI is InChI=1S/C28H24ClN3O7/c1-4-18(21-10-5-13(2)39-21)30-23-24(26(34)25(23)33)31-19-8-7-17(29)16-12-32(27(35)22(16)19)20-9-6-14(38-3)11-15(20)28(36)37/h5-11,18,30-31H,4,12H2,1-3H3,(H,36,37). The maximum atomic E-state index is 13.6. The Morgan fingerprint density at radius 3 is 2.51 bits per heavy atom. The maximum Gasteiger partial charge on any atom is 0.337 e. The van der Waals surface area contributed by atoms with Crippen molar-refractivity contribution in [2.24, 2.45) is 0 Å². The molecule has 4 aromatic rings. The summed E-state index contributed by atoms with van der Waals surface area (Å²) in [5.74, 6) is -0.0599. The smallest absolute Gasteiger partial charge is 0.337 e. The van der Waals surface area contributed by atoms with Crippen LogP contribution in [-0.4, -0.2) is 24.1 Å². The molecule has 0 spiro atoms. The van der Waals surface area contributed by atoms with Gasteiger partial charge in [-0.1, -0.05) is 18.5 Å². The van der Waals surface area contributed by atoms with Crippen LogP contribution in [0.2, 0.25) is 5.02 Å². The van der Waals surface area contributed by atoms with E-state index in [2.05, 4.69) is 10.6 Å². The summed E-state index contributed by atoms with van der Waals surface area (Å²) in [6, 6.07) is 10.8. The zero-order chi connectivity index (χ0) is 28.0. The molecule has 0 aliphatic carbocycles. The molecule has 200 valence electrons. The number of amides is 1. The minimum Gasteiger partial charge on any atom is -0.497 e. The third-order valence-corrected chi connectivity index (χ3v) is 7.11. The van der Waals surface area contributed by atoms with Crippen molar-refractivity contribution in [1.82, 2.24) is 0 Å². The second-order valence-electron chi connectivity index (χ2n) is 9.11. The Kier molecular flexibility index (Phi) is 6.65. The van der Waals surface area contributed by atoms with E-state index in [1.165, 1.54) is 24.1 Å². The number of fused-ring (bicyclic) bond motifs is 1. The summed E-state index contributed by atoms with van der Waals surface area (Å²) in [6.45, 7) is 3.74. The summed E-state index contributed by atoms with van der Waals surface area (Å²) in [7, 11) is 1.41. The van der Waals surface area contributed by atoms with Gasteiger partial charge in [0.05, 0.1) is 42.2 Å². The zero-order valence-electron chi connectivity index (χ0n) is 21.3. The molecule has 3 N–H and O–H groups in total. The highest BCUT2D eigenvalue weighted by molar-refractivity contribution is 6.33. The number of carbonyl (C=O) groups excluding carboxylic acids is 1. The highest BCUT2D eigenvalue weighted by Gasteiger charge is 2.36. The molecule has 0 fully saturated rings. The lowest BCUT2D eigenvalue weighted by Crippen LogP contribution is -2.37. The van der Waals surface area contributed by atoms with Crippen LogP contribution in [0.3, 0.4) is 0 Å². The van der Waals surface area contributed by atoms with E-state index in [0.717, 1.165) is 5.76 Å². The molecule has 1 unspecified atom stereocenters. The molecule has 3 aromatic carbocycles. The second kappa shape index (κ2) is 9.95. The van der Waals surface area contributed by atoms with Crippen LogP contribution in [0.25, 0.3) is 0 Å². The van der Waals surface area contributed by atoms with Gasteiger partial charge < -0.3 is 29.8 Å². The molecule has 1 amide bonds. The first-order chi connectivity index (χ1) is 18.6. The van der Waals surface area contributed by atoms with E-state index < -0.39 is 22.7 Å². The fourth-order valence-electron chi connectivity index (χ4n) is 4.71. The van der Waals surface area contributed by atoms with Crippen molar-refractivity contribution >= 4 is 46.2 Å². The number of furan rings is 1. The average molecular weight is 550 g/mol. The first-order valence-electron chi connectivity index (χ1n) is 12.1. The fourth-order valence-corrected chi connectivity index (χ4v) is 4.92. The number of aromatic carboxylic acids is 1. The number of nitrogens with zero attached hydrogens (tertiary/aromatic N) is 1. The lowest BCUT2D eigenvalue weighted by Gasteiger charge is -2.21. The normalized spacial score (nSPS) is 13.4. The molecule has 0 bridgehead atoms.